The lowest BCUT2D eigenvalue weighted by atomic mass is 9.91. The summed E-state index contributed by atoms with van der Waals surface area (Å²) in [5.74, 6) is -0.00372. The average Bonchev–Trinajstić information content (AvgIpc) is 3.72. The molecular weight excluding hydrogens is 540 g/mol. The molecule has 4 unspecified atom stereocenters. The molecule has 216 valence electrons. The summed E-state index contributed by atoms with van der Waals surface area (Å²) in [6.07, 6.45) is 0.611. The van der Waals surface area contributed by atoms with Crippen LogP contribution in [0.3, 0.4) is 0 Å². The Balaban J connectivity index is 1.38. The standard InChI is InChI=1S/C28H30N10O4/c29-27-32-15-38(36-27)28-34-25(30-12-18(16-7-3-1-4-8-16)17-9-5-2-6-10-17)22-26(35-28)37(14-31-22)20-11-19(23(41)24(20)42)33-21(40)13-39/h1-10,14-15,18-20,23-24,39,41-42H,11-13H2,(H2,29,36)(H,33,40)(H,30,34,35). The van der Waals surface area contributed by atoms with Crippen molar-refractivity contribution in [2.75, 3.05) is 24.2 Å². The fourth-order valence-electron chi connectivity index (χ4n) is 5.42. The lowest BCUT2D eigenvalue weighted by molar-refractivity contribution is -0.125. The molecule has 4 atom stereocenters. The van der Waals surface area contributed by atoms with Crippen molar-refractivity contribution in [1.82, 2.24) is 39.6 Å². The average molecular weight is 571 g/mol. The summed E-state index contributed by atoms with van der Waals surface area (Å²) in [6, 6.07) is 18.8. The Labute approximate surface area is 239 Å². The van der Waals surface area contributed by atoms with E-state index in [1.807, 2.05) is 36.4 Å². The first-order chi connectivity index (χ1) is 20.4. The van der Waals surface area contributed by atoms with Crippen LogP contribution in [0.15, 0.2) is 73.3 Å². The number of carbonyl (C=O) groups is 1. The van der Waals surface area contributed by atoms with Crippen molar-refractivity contribution in [3.63, 3.8) is 0 Å². The SMILES string of the molecule is Nc1ncn(-c2nc(NCC(c3ccccc3)c3ccccc3)c3ncn(C4CC(NC(=O)CO)C(O)C4O)c3n2)n1. The number of aliphatic hydroxyl groups is 3. The highest BCUT2D eigenvalue weighted by atomic mass is 16.3. The minimum atomic E-state index is -1.26. The van der Waals surface area contributed by atoms with Crippen molar-refractivity contribution in [2.24, 2.45) is 0 Å². The van der Waals surface area contributed by atoms with Crippen LogP contribution in [-0.2, 0) is 4.79 Å². The van der Waals surface area contributed by atoms with E-state index in [0.29, 0.717) is 23.5 Å². The van der Waals surface area contributed by atoms with Crippen molar-refractivity contribution in [3.05, 3.63) is 84.4 Å². The maximum atomic E-state index is 11.8. The maximum absolute atomic E-state index is 11.8. The zero-order chi connectivity index (χ0) is 29.2. The first-order valence-electron chi connectivity index (χ1n) is 13.4. The number of rotatable bonds is 9. The molecule has 3 aromatic heterocycles. The smallest absolute Gasteiger partial charge is 0.256 e. The van der Waals surface area contributed by atoms with E-state index in [2.05, 4.69) is 54.9 Å². The number of nitrogens with zero attached hydrogens (tertiary/aromatic N) is 7. The molecule has 0 bridgehead atoms. The Kier molecular flexibility index (Phi) is 7.48. The molecular formula is C28H30N10O4. The molecule has 1 aliphatic rings. The highest BCUT2D eigenvalue weighted by molar-refractivity contribution is 5.84. The lowest BCUT2D eigenvalue weighted by Crippen LogP contribution is -2.44. The first-order valence-corrected chi connectivity index (χ1v) is 13.4. The Morgan fingerprint density at radius 2 is 1.67 bits per heavy atom. The highest BCUT2D eigenvalue weighted by Crippen LogP contribution is 2.34. The van der Waals surface area contributed by atoms with Gasteiger partial charge in [0, 0.05) is 12.5 Å². The molecule has 6 rings (SSSR count). The van der Waals surface area contributed by atoms with Crippen LogP contribution in [-0.4, -0.2) is 86.9 Å². The van der Waals surface area contributed by atoms with Crippen molar-refractivity contribution >= 4 is 28.8 Å². The predicted octanol–water partition coefficient (Wildman–Crippen LogP) is 0.377. The van der Waals surface area contributed by atoms with Crippen LogP contribution >= 0.6 is 0 Å². The third-order valence-corrected chi connectivity index (χ3v) is 7.50. The number of anilines is 2. The molecule has 2 aromatic carbocycles. The summed E-state index contributed by atoms with van der Waals surface area (Å²) in [6.45, 7) is -0.246. The normalized spacial score (nSPS) is 20.3. The fourth-order valence-corrected chi connectivity index (χ4v) is 5.42. The van der Waals surface area contributed by atoms with Gasteiger partial charge in [0.25, 0.3) is 5.95 Å². The van der Waals surface area contributed by atoms with Gasteiger partial charge in [-0.2, -0.15) is 14.6 Å². The molecule has 0 radical (unpaired) electrons. The van der Waals surface area contributed by atoms with Crippen molar-refractivity contribution in [3.8, 4) is 5.95 Å². The number of amides is 1. The van der Waals surface area contributed by atoms with Gasteiger partial charge in [-0.15, -0.1) is 5.10 Å². The van der Waals surface area contributed by atoms with Crippen LogP contribution in [0.2, 0.25) is 0 Å². The number of fused-ring (bicyclic) bond motifs is 1. The van der Waals surface area contributed by atoms with E-state index in [1.165, 1.54) is 17.3 Å². The lowest BCUT2D eigenvalue weighted by Gasteiger charge is -2.20. The number of nitrogens with two attached hydrogens (primary N) is 1. The number of nitrogen functional groups attached to an aromatic ring is 1. The number of benzene rings is 2. The van der Waals surface area contributed by atoms with E-state index in [0.717, 1.165) is 11.1 Å². The Morgan fingerprint density at radius 1 is 0.976 bits per heavy atom. The van der Waals surface area contributed by atoms with Gasteiger partial charge in [0.15, 0.2) is 17.0 Å². The second kappa shape index (κ2) is 11.5. The molecule has 0 spiro atoms. The van der Waals surface area contributed by atoms with Crippen LogP contribution in [0.25, 0.3) is 17.1 Å². The summed E-state index contributed by atoms with van der Waals surface area (Å²) < 4.78 is 2.99. The van der Waals surface area contributed by atoms with Gasteiger partial charge in [-0.3, -0.25) is 4.79 Å². The molecule has 14 heteroatoms. The predicted molar refractivity (Wildman–Crippen MR) is 153 cm³/mol. The topological polar surface area (TPSA) is 202 Å². The largest absolute Gasteiger partial charge is 0.388 e. The van der Waals surface area contributed by atoms with Gasteiger partial charge in [-0.05, 0) is 17.5 Å². The van der Waals surface area contributed by atoms with E-state index in [9.17, 15) is 15.0 Å². The monoisotopic (exact) mass is 570 g/mol. The minimum absolute atomic E-state index is 0.00680. The van der Waals surface area contributed by atoms with Gasteiger partial charge in [0.05, 0.1) is 18.4 Å². The van der Waals surface area contributed by atoms with Crippen molar-refractivity contribution < 1.29 is 20.1 Å². The molecule has 7 N–H and O–H groups in total. The minimum Gasteiger partial charge on any atom is -0.388 e. The third kappa shape index (κ3) is 5.25. The van der Waals surface area contributed by atoms with Gasteiger partial charge >= 0.3 is 0 Å². The highest BCUT2D eigenvalue weighted by Gasteiger charge is 2.43. The molecule has 1 aliphatic carbocycles. The molecule has 1 fully saturated rings. The van der Waals surface area contributed by atoms with E-state index in [-0.39, 0.29) is 24.2 Å². The maximum Gasteiger partial charge on any atom is 0.256 e. The number of nitrogens with one attached hydrogen (secondary N) is 2. The van der Waals surface area contributed by atoms with Gasteiger partial charge in [0.1, 0.15) is 25.1 Å². The zero-order valence-corrected chi connectivity index (χ0v) is 22.4. The molecule has 5 aromatic rings. The zero-order valence-electron chi connectivity index (χ0n) is 22.4. The summed E-state index contributed by atoms with van der Waals surface area (Å²) in [7, 11) is 0. The number of aromatic nitrogens is 7. The fraction of sp³-hybridized carbons (Fsp3) is 0.286. The van der Waals surface area contributed by atoms with E-state index in [1.54, 1.807) is 4.57 Å². The molecule has 3 heterocycles. The third-order valence-electron chi connectivity index (χ3n) is 7.50. The number of carbonyl (C=O) groups excluding carboxylic acids is 1. The number of hydrogen-bond acceptors (Lipinski definition) is 11. The Bertz CT molecular complexity index is 1640. The van der Waals surface area contributed by atoms with Gasteiger partial charge in [-0.25, -0.2) is 9.97 Å². The van der Waals surface area contributed by atoms with E-state index < -0.39 is 36.8 Å². The van der Waals surface area contributed by atoms with Gasteiger partial charge in [-0.1, -0.05) is 60.7 Å². The van der Waals surface area contributed by atoms with Crippen molar-refractivity contribution in [2.45, 2.75) is 36.6 Å². The molecule has 14 nitrogen and oxygen atoms in total. The molecule has 1 saturated carbocycles. The van der Waals surface area contributed by atoms with Gasteiger partial charge in [0.2, 0.25) is 11.9 Å². The summed E-state index contributed by atoms with van der Waals surface area (Å²) in [5, 5.41) is 40.8. The van der Waals surface area contributed by atoms with E-state index >= 15 is 0 Å². The molecule has 1 amide bonds. The van der Waals surface area contributed by atoms with Crippen LogP contribution in [0.4, 0.5) is 11.8 Å². The van der Waals surface area contributed by atoms with E-state index in [4.69, 9.17) is 15.8 Å². The summed E-state index contributed by atoms with van der Waals surface area (Å²) in [5.41, 5.74) is 8.81. The molecule has 0 saturated heterocycles. The second-order valence-electron chi connectivity index (χ2n) is 10.1. The van der Waals surface area contributed by atoms with Crippen molar-refractivity contribution in [1.29, 1.82) is 0 Å². The number of hydrogen-bond donors (Lipinski definition) is 6. The quantitative estimate of drug-likeness (QED) is 0.143. The summed E-state index contributed by atoms with van der Waals surface area (Å²) in [4.78, 5) is 29.7. The number of aliphatic hydroxyl groups excluding tert-OH is 3. The number of imidazole rings is 1. The second-order valence-corrected chi connectivity index (χ2v) is 10.1. The first kappa shape index (κ1) is 27.3. The van der Waals surface area contributed by atoms with Crippen LogP contribution in [0.1, 0.15) is 29.5 Å². The Hall–Kier alpha value is -4.92. The Morgan fingerprint density at radius 3 is 2.29 bits per heavy atom. The van der Waals surface area contributed by atoms with Gasteiger partial charge < -0.3 is 36.3 Å². The molecule has 0 aliphatic heterocycles. The summed E-state index contributed by atoms with van der Waals surface area (Å²) >= 11 is 0. The van der Waals surface area contributed by atoms with Crippen LogP contribution in [0, 0.1) is 0 Å². The van der Waals surface area contributed by atoms with Crippen LogP contribution in [0.5, 0.6) is 0 Å². The van der Waals surface area contributed by atoms with Crippen LogP contribution < -0.4 is 16.4 Å². The molecule has 42 heavy (non-hydrogen) atoms.